The van der Waals surface area contributed by atoms with Gasteiger partial charge in [-0.2, -0.15) is 5.10 Å². The van der Waals surface area contributed by atoms with Crippen molar-refractivity contribution in [3.63, 3.8) is 0 Å². The minimum absolute atomic E-state index is 0. The number of nitrogens with one attached hydrogen (secondary N) is 2. The van der Waals surface area contributed by atoms with Gasteiger partial charge in [-0.25, -0.2) is 4.99 Å². The van der Waals surface area contributed by atoms with Crippen LogP contribution in [0.3, 0.4) is 0 Å². The molecule has 2 aromatic rings. The lowest BCUT2D eigenvalue weighted by Crippen LogP contribution is -2.47. The van der Waals surface area contributed by atoms with Crippen molar-refractivity contribution in [2.45, 2.75) is 65.3 Å². The predicted molar refractivity (Wildman–Crippen MR) is 136 cm³/mol. The molecule has 1 fully saturated rings. The van der Waals surface area contributed by atoms with Crippen molar-refractivity contribution in [3.8, 4) is 0 Å². The molecule has 2 N–H and O–H groups in total. The van der Waals surface area contributed by atoms with Crippen LogP contribution in [-0.4, -0.2) is 46.0 Å². The van der Waals surface area contributed by atoms with E-state index in [1.54, 1.807) is 12.1 Å². The first-order chi connectivity index (χ1) is 14.9. The number of aryl methyl sites for hydroxylation is 3. The number of nitrogens with zero attached hydrogens (tertiary/aromatic N) is 4. The van der Waals surface area contributed by atoms with Gasteiger partial charge in [0.05, 0.1) is 29.3 Å². The lowest BCUT2D eigenvalue weighted by atomic mass is 10.1. The van der Waals surface area contributed by atoms with Crippen molar-refractivity contribution in [2.75, 3.05) is 13.2 Å². The molecule has 0 saturated carbocycles. The minimum atomic E-state index is -0.395. The fourth-order valence-corrected chi connectivity index (χ4v) is 3.69. The third kappa shape index (κ3) is 7.73. The van der Waals surface area contributed by atoms with E-state index in [1.165, 1.54) is 12.1 Å². The SMILES string of the molecule is Cc1cc(C)n(CCCNC(=NCc2ccc([N+](=O)[O-])cc2)NC(C)C2CCCO2)n1.I. The number of ether oxygens (including phenoxy) is 1. The van der Waals surface area contributed by atoms with Crippen LogP contribution in [0.1, 0.15) is 43.1 Å². The second kappa shape index (κ2) is 12.7. The number of non-ortho nitro benzene ring substituents is 1. The molecule has 1 aromatic heterocycles. The van der Waals surface area contributed by atoms with Crippen molar-refractivity contribution >= 4 is 35.6 Å². The van der Waals surface area contributed by atoms with Gasteiger partial charge in [0.15, 0.2) is 5.96 Å². The zero-order chi connectivity index (χ0) is 22.2. The third-order valence-electron chi connectivity index (χ3n) is 5.40. The molecule has 9 nitrogen and oxygen atoms in total. The predicted octanol–water partition coefficient (Wildman–Crippen LogP) is 3.72. The molecule has 2 heterocycles. The highest BCUT2D eigenvalue weighted by Gasteiger charge is 2.23. The van der Waals surface area contributed by atoms with Crippen LogP contribution < -0.4 is 10.6 Å². The Kier molecular flexibility index (Phi) is 10.4. The normalized spacial score (nSPS) is 17.0. The fourth-order valence-electron chi connectivity index (χ4n) is 3.69. The lowest BCUT2D eigenvalue weighted by Gasteiger charge is -2.23. The summed E-state index contributed by atoms with van der Waals surface area (Å²) in [5.74, 6) is 0.717. The van der Waals surface area contributed by atoms with Gasteiger partial charge in [-0.15, -0.1) is 24.0 Å². The van der Waals surface area contributed by atoms with E-state index in [-0.39, 0.29) is 41.8 Å². The van der Waals surface area contributed by atoms with Gasteiger partial charge in [-0.3, -0.25) is 14.8 Å². The molecule has 176 valence electrons. The van der Waals surface area contributed by atoms with Crippen LogP contribution in [0, 0.1) is 24.0 Å². The van der Waals surface area contributed by atoms with Crippen molar-refractivity contribution in [1.82, 2.24) is 20.4 Å². The van der Waals surface area contributed by atoms with Crippen molar-refractivity contribution in [1.29, 1.82) is 0 Å². The quantitative estimate of drug-likeness (QED) is 0.122. The number of aromatic nitrogens is 2. The van der Waals surface area contributed by atoms with Crippen LogP contribution in [0.15, 0.2) is 35.3 Å². The van der Waals surface area contributed by atoms with Crippen molar-refractivity contribution < 1.29 is 9.66 Å². The van der Waals surface area contributed by atoms with Crippen molar-refractivity contribution in [3.05, 3.63) is 57.4 Å². The van der Waals surface area contributed by atoms with Gasteiger partial charge in [0, 0.05) is 37.5 Å². The van der Waals surface area contributed by atoms with E-state index < -0.39 is 4.92 Å². The van der Waals surface area contributed by atoms with E-state index in [0.29, 0.717) is 6.54 Å². The number of guanidine groups is 1. The number of benzene rings is 1. The molecular weight excluding hydrogens is 523 g/mol. The van der Waals surface area contributed by atoms with Crippen LogP contribution in [0.2, 0.25) is 0 Å². The van der Waals surface area contributed by atoms with Crippen molar-refractivity contribution in [2.24, 2.45) is 4.99 Å². The Hall–Kier alpha value is -2.21. The summed E-state index contributed by atoms with van der Waals surface area (Å²) in [5, 5.41) is 22.2. The Morgan fingerprint density at radius 1 is 1.38 bits per heavy atom. The number of aliphatic imine (C=N–C) groups is 1. The van der Waals surface area contributed by atoms with Gasteiger partial charge in [-0.1, -0.05) is 12.1 Å². The number of halogens is 1. The number of hydrogen-bond donors (Lipinski definition) is 2. The first-order valence-electron chi connectivity index (χ1n) is 10.8. The molecule has 0 amide bonds. The lowest BCUT2D eigenvalue weighted by molar-refractivity contribution is -0.384. The van der Waals surface area contributed by atoms with E-state index in [0.717, 1.165) is 61.9 Å². The molecule has 1 saturated heterocycles. The van der Waals surface area contributed by atoms with Gasteiger partial charge in [0.25, 0.3) is 5.69 Å². The van der Waals surface area contributed by atoms with E-state index in [1.807, 2.05) is 11.6 Å². The maximum absolute atomic E-state index is 10.8. The molecular formula is C22H33IN6O3. The smallest absolute Gasteiger partial charge is 0.269 e. The Morgan fingerprint density at radius 3 is 2.72 bits per heavy atom. The largest absolute Gasteiger partial charge is 0.376 e. The Bertz CT molecular complexity index is 894. The van der Waals surface area contributed by atoms with Crippen LogP contribution in [0.4, 0.5) is 5.69 Å². The molecule has 10 heteroatoms. The Morgan fingerprint density at radius 2 is 2.12 bits per heavy atom. The van der Waals surface area contributed by atoms with Gasteiger partial charge in [0.1, 0.15) is 0 Å². The first-order valence-corrected chi connectivity index (χ1v) is 10.8. The van der Waals surface area contributed by atoms with Crippen LogP contribution in [-0.2, 0) is 17.8 Å². The van der Waals surface area contributed by atoms with Gasteiger partial charge in [0.2, 0.25) is 0 Å². The molecule has 0 aliphatic carbocycles. The van der Waals surface area contributed by atoms with E-state index in [2.05, 4.69) is 35.6 Å². The highest BCUT2D eigenvalue weighted by Crippen LogP contribution is 2.16. The van der Waals surface area contributed by atoms with Crippen LogP contribution in [0.25, 0.3) is 0 Å². The standard InChI is InChI=1S/C22H32N6O3.HI/c1-16-14-17(2)27(26-16)12-5-11-23-22(25-18(3)21-6-4-13-31-21)24-15-19-7-9-20(10-8-19)28(29)30;/h7-10,14,18,21H,4-6,11-13,15H2,1-3H3,(H2,23,24,25);1H. The summed E-state index contributed by atoms with van der Waals surface area (Å²) in [6, 6.07) is 8.72. The minimum Gasteiger partial charge on any atom is -0.376 e. The van der Waals surface area contributed by atoms with Gasteiger partial charge < -0.3 is 15.4 Å². The second-order valence-electron chi connectivity index (χ2n) is 8.00. The average Bonchev–Trinajstić information content (AvgIpc) is 3.39. The van der Waals surface area contributed by atoms with E-state index >= 15 is 0 Å². The zero-order valence-corrected chi connectivity index (χ0v) is 21.2. The monoisotopic (exact) mass is 556 g/mol. The Balaban J connectivity index is 0.00000363. The zero-order valence-electron chi connectivity index (χ0n) is 18.9. The maximum Gasteiger partial charge on any atom is 0.269 e. The molecule has 0 radical (unpaired) electrons. The molecule has 1 aliphatic heterocycles. The molecule has 32 heavy (non-hydrogen) atoms. The van der Waals surface area contributed by atoms with Gasteiger partial charge >= 0.3 is 0 Å². The summed E-state index contributed by atoms with van der Waals surface area (Å²) in [7, 11) is 0. The fraction of sp³-hybridized carbons (Fsp3) is 0.545. The maximum atomic E-state index is 10.8. The average molecular weight is 556 g/mol. The van der Waals surface area contributed by atoms with E-state index in [9.17, 15) is 10.1 Å². The molecule has 3 rings (SSSR count). The molecule has 1 aliphatic rings. The second-order valence-corrected chi connectivity index (χ2v) is 8.00. The van der Waals surface area contributed by atoms with Gasteiger partial charge in [-0.05, 0) is 51.7 Å². The number of nitro benzene ring substituents is 1. The van der Waals surface area contributed by atoms with E-state index in [4.69, 9.17) is 9.73 Å². The third-order valence-corrected chi connectivity index (χ3v) is 5.40. The number of hydrogen-bond acceptors (Lipinski definition) is 5. The van der Waals surface area contributed by atoms with Crippen LogP contribution in [0.5, 0.6) is 0 Å². The molecule has 0 bridgehead atoms. The highest BCUT2D eigenvalue weighted by molar-refractivity contribution is 14.0. The summed E-state index contributed by atoms with van der Waals surface area (Å²) in [6.45, 7) is 9.00. The molecule has 1 aromatic carbocycles. The van der Waals surface area contributed by atoms with Crippen LogP contribution >= 0.6 is 24.0 Å². The molecule has 0 spiro atoms. The summed E-state index contributed by atoms with van der Waals surface area (Å²) in [5.41, 5.74) is 3.19. The first kappa shape index (κ1) is 26.0. The highest BCUT2D eigenvalue weighted by atomic mass is 127. The summed E-state index contributed by atoms with van der Waals surface area (Å²) in [6.07, 6.45) is 3.22. The summed E-state index contributed by atoms with van der Waals surface area (Å²) in [4.78, 5) is 15.1. The number of rotatable bonds is 9. The number of nitro groups is 1. The summed E-state index contributed by atoms with van der Waals surface area (Å²) < 4.78 is 7.81. The molecule has 2 unspecified atom stereocenters. The topological polar surface area (TPSA) is 107 Å². The summed E-state index contributed by atoms with van der Waals surface area (Å²) >= 11 is 0. The molecule has 2 atom stereocenters. The Labute approximate surface area is 206 Å².